The molecular formula is C36H64Si. The van der Waals surface area contributed by atoms with Crippen molar-refractivity contribution >= 4 is 8.07 Å². The van der Waals surface area contributed by atoms with E-state index in [0.717, 1.165) is 0 Å². The van der Waals surface area contributed by atoms with Gasteiger partial charge in [-0.2, -0.15) is 0 Å². The van der Waals surface area contributed by atoms with Gasteiger partial charge in [-0.25, -0.2) is 0 Å². The Hall–Kier alpha value is -0.563. The highest BCUT2D eigenvalue weighted by Crippen LogP contribution is 2.52. The normalized spacial score (nSPS) is 27.3. The molecule has 0 saturated carbocycles. The number of hydrogen-bond donors (Lipinski definition) is 0. The van der Waals surface area contributed by atoms with E-state index in [1.165, 1.54) is 141 Å². The van der Waals surface area contributed by atoms with E-state index in [0.29, 0.717) is 5.41 Å². The maximum Gasteiger partial charge on any atom is 0.132 e. The summed E-state index contributed by atoms with van der Waals surface area (Å²) in [7, 11) is -1.94. The van der Waals surface area contributed by atoms with Crippen molar-refractivity contribution in [2.75, 3.05) is 0 Å². The Balaban J connectivity index is 2.20. The molecule has 3 rings (SSSR count). The Morgan fingerprint density at radius 3 is 1.46 bits per heavy atom. The van der Waals surface area contributed by atoms with Crippen molar-refractivity contribution in [2.24, 2.45) is 10.8 Å². The van der Waals surface area contributed by atoms with Crippen LogP contribution in [0.15, 0.2) is 33.3 Å². The molecule has 0 aromatic rings. The fourth-order valence-corrected chi connectivity index (χ4v) is 13.2. The standard InChI is InChI=1S/C36H64Si/c1-31-34(29-23-17-18-24-30-35(2,3)36(31,4)5)37(6,32-25-19-13-9-7-10-14-20-26-32)33-27-21-15-11-8-12-16-22-28-33/h25,27H,7-24,26,28-30H2,1-6H3. The van der Waals surface area contributed by atoms with Crippen molar-refractivity contribution in [3.05, 3.63) is 33.3 Å². The van der Waals surface area contributed by atoms with Gasteiger partial charge in [0.1, 0.15) is 8.07 Å². The first-order valence-electron chi connectivity index (χ1n) is 16.8. The molecule has 0 N–H and O–H groups in total. The Bertz CT molecular complexity index is 755. The molecule has 0 aromatic carbocycles. The average Bonchev–Trinajstić information content (AvgIpc) is 2.88. The predicted molar refractivity (Wildman–Crippen MR) is 170 cm³/mol. The van der Waals surface area contributed by atoms with Crippen LogP contribution in [0.1, 0.15) is 176 Å². The quantitative estimate of drug-likeness (QED) is 0.322. The molecule has 212 valence electrons. The molecule has 0 nitrogen and oxygen atoms in total. The molecular weight excluding hydrogens is 460 g/mol. The minimum absolute atomic E-state index is 0.251. The maximum atomic E-state index is 2.86. The van der Waals surface area contributed by atoms with Crippen molar-refractivity contribution in [2.45, 2.75) is 182 Å². The minimum Gasteiger partial charge on any atom is -0.0885 e. The second kappa shape index (κ2) is 14.7. The van der Waals surface area contributed by atoms with E-state index in [1.54, 1.807) is 5.57 Å². The summed E-state index contributed by atoms with van der Waals surface area (Å²) in [6, 6.07) is 0. The summed E-state index contributed by atoms with van der Waals surface area (Å²) in [6.45, 7) is 15.9. The highest BCUT2D eigenvalue weighted by atomic mass is 28.3. The van der Waals surface area contributed by atoms with E-state index in [1.807, 2.05) is 15.6 Å². The predicted octanol–water partition coefficient (Wildman–Crippen LogP) is 12.5. The molecule has 0 aliphatic heterocycles. The van der Waals surface area contributed by atoms with Crippen molar-refractivity contribution in [3.63, 3.8) is 0 Å². The summed E-state index contributed by atoms with van der Waals surface area (Å²) in [6.07, 6.45) is 36.7. The van der Waals surface area contributed by atoms with Crippen molar-refractivity contribution in [3.8, 4) is 0 Å². The number of rotatable bonds is 3. The van der Waals surface area contributed by atoms with Crippen LogP contribution in [0.2, 0.25) is 6.55 Å². The Morgan fingerprint density at radius 2 is 0.946 bits per heavy atom. The second-order valence-electron chi connectivity index (χ2n) is 14.4. The third-order valence-electron chi connectivity index (χ3n) is 11.5. The van der Waals surface area contributed by atoms with Crippen molar-refractivity contribution in [1.29, 1.82) is 0 Å². The Morgan fingerprint density at radius 1 is 0.541 bits per heavy atom. The third kappa shape index (κ3) is 7.99. The first-order valence-corrected chi connectivity index (χ1v) is 19.3. The lowest BCUT2D eigenvalue weighted by atomic mass is 9.61. The van der Waals surface area contributed by atoms with Crippen molar-refractivity contribution in [1.82, 2.24) is 0 Å². The Labute approximate surface area is 234 Å². The van der Waals surface area contributed by atoms with Crippen LogP contribution in [0.25, 0.3) is 0 Å². The van der Waals surface area contributed by atoms with Crippen LogP contribution < -0.4 is 0 Å². The molecule has 0 unspecified atom stereocenters. The average molecular weight is 525 g/mol. The van der Waals surface area contributed by atoms with E-state index >= 15 is 0 Å². The van der Waals surface area contributed by atoms with E-state index < -0.39 is 8.07 Å². The monoisotopic (exact) mass is 524 g/mol. The van der Waals surface area contributed by atoms with Gasteiger partial charge in [0.2, 0.25) is 0 Å². The van der Waals surface area contributed by atoms with Crippen LogP contribution in [0, 0.1) is 10.8 Å². The first-order chi connectivity index (χ1) is 17.7. The lowest BCUT2D eigenvalue weighted by Crippen LogP contribution is -2.44. The molecule has 0 saturated heterocycles. The fraction of sp³-hybridized carbons (Fsp3) is 0.833. The molecule has 0 spiro atoms. The summed E-state index contributed by atoms with van der Waals surface area (Å²) in [4.78, 5) is 0. The van der Waals surface area contributed by atoms with Crippen LogP contribution in [0.4, 0.5) is 0 Å². The van der Waals surface area contributed by atoms with Gasteiger partial charge >= 0.3 is 0 Å². The highest BCUT2D eigenvalue weighted by Gasteiger charge is 2.45. The van der Waals surface area contributed by atoms with Gasteiger partial charge in [0.05, 0.1) is 0 Å². The van der Waals surface area contributed by atoms with Gasteiger partial charge < -0.3 is 0 Å². The van der Waals surface area contributed by atoms with Gasteiger partial charge in [-0.15, -0.1) is 0 Å². The SMILES string of the molecule is CC1=C([Si](C)(C2=CCCCCCCCC2)C2=CCCCCCCCC2)CCCCCCC(C)(C)C1(C)C. The summed E-state index contributed by atoms with van der Waals surface area (Å²) in [5.41, 5.74) is 2.40. The molecule has 1 heteroatoms. The molecule has 3 aliphatic rings. The lowest BCUT2D eigenvalue weighted by molar-refractivity contribution is 0.131. The second-order valence-corrected chi connectivity index (χ2v) is 18.6. The van der Waals surface area contributed by atoms with Gasteiger partial charge in [0, 0.05) is 0 Å². The summed E-state index contributed by atoms with van der Waals surface area (Å²) >= 11 is 0. The van der Waals surface area contributed by atoms with Gasteiger partial charge in [0.25, 0.3) is 0 Å². The molecule has 0 atom stereocenters. The number of allylic oxidation sites excluding steroid dienone is 6. The van der Waals surface area contributed by atoms with E-state index in [9.17, 15) is 0 Å². The minimum atomic E-state index is -1.94. The molecule has 3 aliphatic carbocycles. The van der Waals surface area contributed by atoms with Crippen molar-refractivity contribution < 1.29 is 0 Å². The largest absolute Gasteiger partial charge is 0.132 e. The zero-order chi connectivity index (χ0) is 26.8. The number of hydrogen-bond acceptors (Lipinski definition) is 0. The molecule has 37 heavy (non-hydrogen) atoms. The van der Waals surface area contributed by atoms with Gasteiger partial charge in [0.15, 0.2) is 0 Å². The summed E-state index contributed by atoms with van der Waals surface area (Å²) in [5.74, 6) is 0. The lowest BCUT2D eigenvalue weighted by Gasteiger charge is -2.48. The van der Waals surface area contributed by atoms with Crippen LogP contribution in [0.5, 0.6) is 0 Å². The zero-order valence-electron chi connectivity index (χ0n) is 26.2. The zero-order valence-corrected chi connectivity index (χ0v) is 27.2. The fourth-order valence-electron chi connectivity index (χ4n) is 7.82. The molecule has 0 fully saturated rings. The molecule has 0 heterocycles. The smallest absolute Gasteiger partial charge is 0.0885 e. The molecule has 0 bridgehead atoms. The highest BCUT2D eigenvalue weighted by molar-refractivity contribution is 6.97. The van der Waals surface area contributed by atoms with E-state index in [-0.39, 0.29) is 5.41 Å². The van der Waals surface area contributed by atoms with Crippen LogP contribution in [0.3, 0.4) is 0 Å². The van der Waals surface area contributed by atoms with Gasteiger partial charge in [-0.05, 0) is 88.4 Å². The van der Waals surface area contributed by atoms with Crippen LogP contribution in [-0.2, 0) is 0 Å². The molecule has 0 radical (unpaired) electrons. The molecule has 0 amide bonds. The van der Waals surface area contributed by atoms with E-state index in [2.05, 4.69) is 53.3 Å². The van der Waals surface area contributed by atoms with Crippen LogP contribution in [-0.4, -0.2) is 8.07 Å². The summed E-state index contributed by atoms with van der Waals surface area (Å²) in [5, 5.41) is 5.86. The van der Waals surface area contributed by atoms with E-state index in [4.69, 9.17) is 0 Å². The maximum absolute atomic E-state index is 2.86. The Kier molecular flexibility index (Phi) is 12.3. The van der Waals surface area contributed by atoms with Crippen LogP contribution >= 0.6 is 0 Å². The first kappa shape index (κ1) is 31.0. The third-order valence-corrected chi connectivity index (χ3v) is 16.8. The molecule has 0 aromatic heterocycles. The topological polar surface area (TPSA) is 0 Å². The summed E-state index contributed by atoms with van der Waals surface area (Å²) < 4.78 is 0. The van der Waals surface area contributed by atoms with Gasteiger partial charge in [-0.3, -0.25) is 0 Å². The van der Waals surface area contributed by atoms with Gasteiger partial charge in [-0.1, -0.05) is 138 Å².